The van der Waals surface area contributed by atoms with Crippen LogP contribution in [0.3, 0.4) is 0 Å². The maximum atomic E-state index is 13.0. The summed E-state index contributed by atoms with van der Waals surface area (Å²) in [4.78, 5) is 10.8. The fraction of sp³-hybridized carbons (Fsp3) is 0.900. The molecule has 0 aromatic heterocycles. The molecule has 0 aliphatic heterocycles. The molecule has 0 spiro atoms. The fourth-order valence-corrected chi connectivity index (χ4v) is 2.26. The van der Waals surface area contributed by atoms with Crippen molar-refractivity contribution in [2.24, 2.45) is 17.3 Å². The molecule has 0 heterocycles. The zero-order valence-corrected chi connectivity index (χ0v) is 8.09. The fourth-order valence-electron chi connectivity index (χ4n) is 2.26. The van der Waals surface area contributed by atoms with Gasteiger partial charge in [-0.05, 0) is 31.1 Å². The van der Waals surface area contributed by atoms with Gasteiger partial charge in [-0.3, -0.25) is 4.79 Å². The van der Waals surface area contributed by atoms with Gasteiger partial charge in [-0.15, -0.1) is 0 Å². The van der Waals surface area contributed by atoms with E-state index in [1.54, 1.807) is 0 Å². The van der Waals surface area contributed by atoms with Crippen LogP contribution in [0.25, 0.3) is 0 Å². The Kier molecular flexibility index (Phi) is 1.88. The van der Waals surface area contributed by atoms with Crippen molar-refractivity contribution >= 4 is 5.97 Å². The molecule has 2 fully saturated rings. The smallest absolute Gasteiger partial charge is 0.316 e. The molecule has 2 saturated carbocycles. The van der Waals surface area contributed by atoms with Gasteiger partial charge in [-0.2, -0.15) is 0 Å². The molecule has 0 radical (unpaired) electrons. The zero-order valence-electron chi connectivity index (χ0n) is 8.09. The van der Waals surface area contributed by atoms with E-state index in [0.717, 1.165) is 12.8 Å². The third-order valence-corrected chi connectivity index (χ3v) is 3.61. The molecule has 1 N–H and O–H groups in total. The Morgan fingerprint density at radius 3 is 2.36 bits per heavy atom. The van der Waals surface area contributed by atoms with Crippen LogP contribution in [0.4, 0.5) is 8.78 Å². The summed E-state index contributed by atoms with van der Waals surface area (Å²) in [6.07, 6.45) is 1.82. The van der Waals surface area contributed by atoms with Crippen LogP contribution in [0.15, 0.2) is 0 Å². The molecule has 0 saturated heterocycles. The van der Waals surface area contributed by atoms with Crippen LogP contribution in [0.5, 0.6) is 0 Å². The third kappa shape index (κ3) is 1.31. The predicted molar refractivity (Wildman–Crippen MR) is 46.1 cm³/mol. The number of carbonyl (C=O) groups is 1. The Hall–Kier alpha value is -0.670. The molecule has 4 heteroatoms. The van der Waals surface area contributed by atoms with Crippen molar-refractivity contribution in [1.82, 2.24) is 0 Å². The SMILES string of the molecule is CC(CC1(C(=O)O)CC1(F)F)C1CC1. The van der Waals surface area contributed by atoms with Crippen molar-refractivity contribution in [3.63, 3.8) is 0 Å². The van der Waals surface area contributed by atoms with Gasteiger partial charge < -0.3 is 5.11 Å². The minimum atomic E-state index is -2.97. The van der Waals surface area contributed by atoms with Crippen molar-refractivity contribution in [3.8, 4) is 0 Å². The highest BCUT2D eigenvalue weighted by atomic mass is 19.3. The van der Waals surface area contributed by atoms with Crippen LogP contribution in [0.1, 0.15) is 32.6 Å². The standard InChI is InChI=1S/C10H14F2O2/c1-6(7-2-3-7)4-9(8(13)14)5-10(9,11)12/h6-7H,2-5H2,1H3,(H,13,14). The highest BCUT2D eigenvalue weighted by Crippen LogP contribution is 2.65. The number of rotatable bonds is 4. The predicted octanol–water partition coefficient (Wildman–Crippen LogP) is 2.53. The van der Waals surface area contributed by atoms with Gasteiger partial charge in [0.1, 0.15) is 5.41 Å². The monoisotopic (exact) mass is 204 g/mol. The van der Waals surface area contributed by atoms with Crippen LogP contribution in [0.2, 0.25) is 0 Å². The van der Waals surface area contributed by atoms with E-state index in [9.17, 15) is 13.6 Å². The molecule has 80 valence electrons. The zero-order chi connectivity index (χ0) is 10.6. The number of aliphatic carboxylic acids is 1. The summed E-state index contributed by atoms with van der Waals surface area (Å²) in [6.45, 7) is 1.89. The molecule has 0 bridgehead atoms. The van der Waals surface area contributed by atoms with Gasteiger partial charge in [0.15, 0.2) is 0 Å². The van der Waals surface area contributed by atoms with Crippen LogP contribution in [0, 0.1) is 17.3 Å². The number of hydrogen-bond acceptors (Lipinski definition) is 1. The molecule has 0 aromatic rings. The lowest BCUT2D eigenvalue weighted by Gasteiger charge is -2.16. The van der Waals surface area contributed by atoms with Crippen LogP contribution >= 0.6 is 0 Å². The molecule has 2 nitrogen and oxygen atoms in total. The molecule has 14 heavy (non-hydrogen) atoms. The Morgan fingerprint density at radius 2 is 2.07 bits per heavy atom. The van der Waals surface area contributed by atoms with Crippen molar-refractivity contribution in [1.29, 1.82) is 0 Å². The van der Waals surface area contributed by atoms with Gasteiger partial charge >= 0.3 is 5.97 Å². The lowest BCUT2D eigenvalue weighted by atomic mass is 9.89. The van der Waals surface area contributed by atoms with E-state index in [0.29, 0.717) is 5.92 Å². The van der Waals surface area contributed by atoms with Gasteiger partial charge in [-0.1, -0.05) is 6.92 Å². The van der Waals surface area contributed by atoms with Crippen molar-refractivity contribution in [2.75, 3.05) is 0 Å². The number of carboxylic acids is 1. The van der Waals surface area contributed by atoms with Gasteiger partial charge in [-0.25, -0.2) is 8.78 Å². The molecule has 2 unspecified atom stereocenters. The van der Waals surface area contributed by atoms with Gasteiger partial charge in [0.05, 0.1) is 0 Å². The average molecular weight is 204 g/mol. The first-order chi connectivity index (χ1) is 6.39. The van der Waals surface area contributed by atoms with Gasteiger partial charge in [0.2, 0.25) is 0 Å². The number of hydrogen-bond donors (Lipinski definition) is 1. The van der Waals surface area contributed by atoms with E-state index >= 15 is 0 Å². The lowest BCUT2D eigenvalue weighted by molar-refractivity contribution is -0.148. The molecule has 2 rings (SSSR count). The normalized spacial score (nSPS) is 36.5. The molecule has 2 aliphatic rings. The van der Waals surface area contributed by atoms with Crippen molar-refractivity contribution in [2.45, 2.75) is 38.5 Å². The summed E-state index contributed by atoms with van der Waals surface area (Å²) in [5.41, 5.74) is -1.73. The first kappa shape index (κ1) is 9.87. The van der Waals surface area contributed by atoms with Gasteiger partial charge in [0.25, 0.3) is 5.92 Å². The van der Waals surface area contributed by atoms with E-state index in [1.807, 2.05) is 6.92 Å². The van der Waals surface area contributed by atoms with E-state index in [-0.39, 0.29) is 12.3 Å². The summed E-state index contributed by atoms with van der Waals surface area (Å²) in [7, 11) is 0. The number of carboxylic acid groups (broad SMARTS) is 1. The van der Waals surface area contributed by atoms with Crippen LogP contribution in [-0.2, 0) is 4.79 Å². The summed E-state index contributed by atoms with van der Waals surface area (Å²) >= 11 is 0. The maximum Gasteiger partial charge on any atom is 0.316 e. The molecular weight excluding hydrogens is 190 g/mol. The second-order valence-corrected chi connectivity index (χ2v) is 4.79. The minimum Gasteiger partial charge on any atom is -0.481 e. The summed E-state index contributed by atoms with van der Waals surface area (Å²) < 4.78 is 25.9. The second-order valence-electron chi connectivity index (χ2n) is 4.79. The van der Waals surface area contributed by atoms with E-state index in [4.69, 9.17) is 5.11 Å². The molecule has 0 amide bonds. The van der Waals surface area contributed by atoms with Crippen LogP contribution in [-0.4, -0.2) is 17.0 Å². The number of alkyl halides is 2. The maximum absolute atomic E-state index is 13.0. The molecular formula is C10H14F2O2. The second kappa shape index (κ2) is 2.67. The third-order valence-electron chi connectivity index (χ3n) is 3.61. The highest BCUT2D eigenvalue weighted by Gasteiger charge is 2.76. The summed E-state index contributed by atoms with van der Waals surface area (Å²) in [5.74, 6) is -3.68. The minimum absolute atomic E-state index is 0.125. The Labute approximate surface area is 81.3 Å². The Morgan fingerprint density at radius 1 is 1.57 bits per heavy atom. The van der Waals surface area contributed by atoms with Crippen LogP contribution < -0.4 is 0 Å². The summed E-state index contributed by atoms with van der Waals surface area (Å²) in [5, 5.41) is 8.81. The molecule has 2 atom stereocenters. The summed E-state index contributed by atoms with van der Waals surface area (Å²) in [6, 6.07) is 0. The first-order valence-corrected chi connectivity index (χ1v) is 5.00. The largest absolute Gasteiger partial charge is 0.481 e. The van der Waals surface area contributed by atoms with Gasteiger partial charge in [0, 0.05) is 6.42 Å². The van der Waals surface area contributed by atoms with Crippen molar-refractivity contribution < 1.29 is 18.7 Å². The molecule has 2 aliphatic carbocycles. The number of halogens is 2. The topological polar surface area (TPSA) is 37.3 Å². The Balaban J connectivity index is 2.03. The van der Waals surface area contributed by atoms with E-state index in [2.05, 4.69) is 0 Å². The van der Waals surface area contributed by atoms with E-state index < -0.39 is 23.7 Å². The van der Waals surface area contributed by atoms with E-state index in [1.165, 1.54) is 0 Å². The quantitative estimate of drug-likeness (QED) is 0.764. The Bertz CT molecular complexity index is 273. The molecule has 0 aromatic carbocycles. The average Bonchev–Trinajstić information content (AvgIpc) is 2.87. The first-order valence-electron chi connectivity index (χ1n) is 5.00. The van der Waals surface area contributed by atoms with Crippen molar-refractivity contribution in [3.05, 3.63) is 0 Å². The lowest BCUT2D eigenvalue weighted by Crippen LogP contribution is -2.25. The highest BCUT2D eigenvalue weighted by molar-refractivity contribution is 5.80.